The summed E-state index contributed by atoms with van der Waals surface area (Å²) in [6.45, 7) is 4.46. The number of hydrogen-bond acceptors (Lipinski definition) is 3. The summed E-state index contributed by atoms with van der Waals surface area (Å²) in [5, 5.41) is 0. The molecule has 0 aromatic rings. The summed E-state index contributed by atoms with van der Waals surface area (Å²) < 4.78 is 5.20. The van der Waals surface area contributed by atoms with Gasteiger partial charge in [0, 0.05) is 31.4 Å². The zero-order chi connectivity index (χ0) is 12.5. The van der Waals surface area contributed by atoms with Gasteiger partial charge in [0.1, 0.15) is 6.61 Å². The van der Waals surface area contributed by atoms with E-state index >= 15 is 0 Å². The predicted molar refractivity (Wildman–Crippen MR) is 70.0 cm³/mol. The largest absolute Gasteiger partial charge is 0.448 e. The van der Waals surface area contributed by atoms with Gasteiger partial charge < -0.3 is 9.64 Å². The lowest BCUT2D eigenvalue weighted by Crippen LogP contribution is -2.36. The van der Waals surface area contributed by atoms with Crippen LogP contribution < -0.4 is 0 Å². The lowest BCUT2D eigenvalue weighted by molar-refractivity contribution is 0.0971. The summed E-state index contributed by atoms with van der Waals surface area (Å²) in [4.78, 5) is 15.5. The molecule has 0 bridgehead atoms. The van der Waals surface area contributed by atoms with Gasteiger partial charge in [-0.25, -0.2) is 4.79 Å². The molecule has 0 aromatic carbocycles. The van der Waals surface area contributed by atoms with Gasteiger partial charge in [0.15, 0.2) is 0 Å². The van der Waals surface area contributed by atoms with E-state index in [1.54, 1.807) is 4.90 Å². The Kier molecular flexibility index (Phi) is 7.73. The highest BCUT2D eigenvalue weighted by Gasteiger charge is 2.15. The first-order chi connectivity index (χ1) is 8.27. The molecule has 17 heavy (non-hydrogen) atoms. The molecule has 1 saturated heterocycles. The highest BCUT2D eigenvalue weighted by Crippen LogP contribution is 2.06. The second kappa shape index (κ2) is 8.84. The first-order valence-electron chi connectivity index (χ1n) is 6.04. The average molecular weight is 283 g/mol. The second-order valence-electron chi connectivity index (χ2n) is 4.03. The molecule has 0 aliphatic carbocycles. The number of carbonyl (C=O) groups is 1. The molecule has 0 saturated carbocycles. The van der Waals surface area contributed by atoms with Crippen LogP contribution in [0.1, 0.15) is 12.8 Å². The Hall–Kier alpha value is -0.190. The topological polar surface area (TPSA) is 32.8 Å². The molecule has 100 valence electrons. The molecule has 1 fully saturated rings. The second-order valence-corrected chi connectivity index (χ2v) is 4.78. The minimum Gasteiger partial charge on any atom is -0.448 e. The van der Waals surface area contributed by atoms with Crippen LogP contribution in [0.5, 0.6) is 0 Å². The van der Waals surface area contributed by atoms with Gasteiger partial charge in [-0.1, -0.05) is 0 Å². The van der Waals surface area contributed by atoms with Crippen molar-refractivity contribution in [1.29, 1.82) is 0 Å². The van der Waals surface area contributed by atoms with Crippen LogP contribution in [0.25, 0.3) is 0 Å². The highest BCUT2D eigenvalue weighted by atomic mass is 35.5. The van der Waals surface area contributed by atoms with E-state index in [-0.39, 0.29) is 6.09 Å². The van der Waals surface area contributed by atoms with Crippen LogP contribution >= 0.6 is 23.2 Å². The van der Waals surface area contributed by atoms with Gasteiger partial charge >= 0.3 is 6.09 Å². The molecule has 1 aliphatic rings. The van der Waals surface area contributed by atoms with E-state index in [4.69, 9.17) is 27.9 Å². The summed E-state index contributed by atoms with van der Waals surface area (Å²) in [5.41, 5.74) is 0. The lowest BCUT2D eigenvalue weighted by atomic mass is 10.4. The van der Waals surface area contributed by atoms with Crippen molar-refractivity contribution >= 4 is 29.3 Å². The van der Waals surface area contributed by atoms with Crippen molar-refractivity contribution in [3.05, 3.63) is 0 Å². The van der Waals surface area contributed by atoms with E-state index in [0.717, 1.165) is 19.6 Å². The molecule has 0 N–H and O–H groups in total. The Morgan fingerprint density at radius 1 is 1.18 bits per heavy atom. The number of ether oxygens (including phenoxy) is 1. The van der Waals surface area contributed by atoms with E-state index in [0.29, 0.717) is 31.5 Å². The monoisotopic (exact) mass is 282 g/mol. The Balaban J connectivity index is 2.16. The number of carbonyl (C=O) groups excluding carboxylic acids is 1. The normalized spacial score (nSPS) is 16.1. The van der Waals surface area contributed by atoms with Crippen molar-refractivity contribution in [1.82, 2.24) is 9.80 Å². The number of likely N-dealkylation sites (tertiary alicyclic amines) is 1. The first-order valence-corrected chi connectivity index (χ1v) is 7.11. The summed E-state index contributed by atoms with van der Waals surface area (Å²) in [6, 6.07) is 0. The summed E-state index contributed by atoms with van der Waals surface area (Å²) in [7, 11) is 0. The Labute approximate surface area is 113 Å². The quantitative estimate of drug-likeness (QED) is 0.670. The Morgan fingerprint density at radius 3 is 2.29 bits per heavy atom. The fourth-order valence-corrected chi connectivity index (χ4v) is 2.27. The van der Waals surface area contributed by atoms with Gasteiger partial charge in [-0.15, -0.1) is 23.2 Å². The molecule has 6 heteroatoms. The molecule has 1 rings (SSSR count). The lowest BCUT2D eigenvalue weighted by Gasteiger charge is -2.21. The molecule has 0 atom stereocenters. The van der Waals surface area contributed by atoms with Crippen molar-refractivity contribution in [3.8, 4) is 0 Å². The van der Waals surface area contributed by atoms with E-state index in [1.807, 2.05) is 0 Å². The smallest absolute Gasteiger partial charge is 0.409 e. The minimum atomic E-state index is -0.314. The minimum absolute atomic E-state index is 0.314. The van der Waals surface area contributed by atoms with Crippen molar-refractivity contribution in [2.45, 2.75) is 12.8 Å². The van der Waals surface area contributed by atoms with Crippen LogP contribution in [0.15, 0.2) is 0 Å². The maximum absolute atomic E-state index is 11.7. The van der Waals surface area contributed by atoms with Crippen molar-refractivity contribution in [2.75, 3.05) is 51.1 Å². The van der Waals surface area contributed by atoms with Crippen LogP contribution in [0.3, 0.4) is 0 Å². The van der Waals surface area contributed by atoms with Gasteiger partial charge in [0.25, 0.3) is 0 Å². The van der Waals surface area contributed by atoms with Crippen LogP contribution in [-0.4, -0.2) is 67.0 Å². The zero-order valence-electron chi connectivity index (χ0n) is 10.0. The number of halogens is 2. The fraction of sp³-hybridized carbons (Fsp3) is 0.909. The number of alkyl halides is 2. The third-order valence-corrected chi connectivity index (χ3v) is 3.14. The molecule has 1 heterocycles. The maximum Gasteiger partial charge on any atom is 0.409 e. The molecule has 0 unspecified atom stereocenters. The van der Waals surface area contributed by atoms with E-state index in [9.17, 15) is 4.79 Å². The molecular formula is C11H20Cl2N2O2. The van der Waals surface area contributed by atoms with Crippen LogP contribution in [0.4, 0.5) is 4.79 Å². The van der Waals surface area contributed by atoms with Crippen LogP contribution in [-0.2, 0) is 4.74 Å². The van der Waals surface area contributed by atoms with Crippen molar-refractivity contribution < 1.29 is 9.53 Å². The SMILES string of the molecule is O=C(OCCN1CCCC1)N(CCCl)CCCl. The average Bonchev–Trinajstić information content (AvgIpc) is 2.81. The predicted octanol–water partition coefficient (Wildman–Crippen LogP) is 2.00. The van der Waals surface area contributed by atoms with E-state index in [1.165, 1.54) is 12.8 Å². The van der Waals surface area contributed by atoms with Crippen molar-refractivity contribution in [3.63, 3.8) is 0 Å². The number of rotatable bonds is 7. The standard InChI is InChI=1S/C11H20Cl2N2O2/c12-3-7-15(8-4-13)11(16)17-10-9-14-5-1-2-6-14/h1-10H2. The number of amides is 1. The summed E-state index contributed by atoms with van der Waals surface area (Å²) in [5.74, 6) is 0.802. The zero-order valence-corrected chi connectivity index (χ0v) is 11.5. The molecule has 0 aromatic heterocycles. The molecule has 4 nitrogen and oxygen atoms in total. The summed E-state index contributed by atoms with van der Waals surface area (Å²) >= 11 is 11.2. The molecule has 0 radical (unpaired) electrons. The van der Waals surface area contributed by atoms with Crippen LogP contribution in [0, 0.1) is 0 Å². The number of nitrogens with zero attached hydrogens (tertiary/aromatic N) is 2. The molecule has 0 spiro atoms. The highest BCUT2D eigenvalue weighted by molar-refractivity contribution is 6.18. The third-order valence-electron chi connectivity index (χ3n) is 2.80. The number of hydrogen-bond donors (Lipinski definition) is 0. The molecule has 1 aliphatic heterocycles. The molecular weight excluding hydrogens is 263 g/mol. The Bertz CT molecular complexity index is 218. The van der Waals surface area contributed by atoms with Gasteiger partial charge in [-0.05, 0) is 25.9 Å². The fourth-order valence-electron chi connectivity index (χ4n) is 1.86. The van der Waals surface area contributed by atoms with Gasteiger partial charge in [0.2, 0.25) is 0 Å². The van der Waals surface area contributed by atoms with E-state index in [2.05, 4.69) is 4.90 Å². The molecule has 1 amide bonds. The first kappa shape index (κ1) is 14.9. The van der Waals surface area contributed by atoms with Gasteiger partial charge in [0.05, 0.1) is 0 Å². The maximum atomic E-state index is 11.7. The van der Waals surface area contributed by atoms with Gasteiger partial charge in [-0.2, -0.15) is 0 Å². The third kappa shape index (κ3) is 5.80. The summed E-state index contributed by atoms with van der Waals surface area (Å²) in [6.07, 6.45) is 2.18. The van der Waals surface area contributed by atoms with Gasteiger partial charge in [-0.3, -0.25) is 4.90 Å². The van der Waals surface area contributed by atoms with Crippen LogP contribution in [0.2, 0.25) is 0 Å². The van der Waals surface area contributed by atoms with E-state index < -0.39 is 0 Å². The van der Waals surface area contributed by atoms with Crippen molar-refractivity contribution in [2.24, 2.45) is 0 Å². The Morgan fingerprint density at radius 2 is 1.76 bits per heavy atom.